The van der Waals surface area contributed by atoms with E-state index in [1.807, 2.05) is 6.07 Å². The quantitative estimate of drug-likeness (QED) is 0.733. The molecule has 0 aliphatic carbocycles. The lowest BCUT2D eigenvalue weighted by Crippen LogP contribution is -2.25. The molecule has 3 N–H and O–H groups in total. The van der Waals surface area contributed by atoms with E-state index in [4.69, 9.17) is 14.2 Å². The molecule has 0 saturated carbocycles. The van der Waals surface area contributed by atoms with Gasteiger partial charge in [-0.2, -0.15) is 0 Å². The summed E-state index contributed by atoms with van der Waals surface area (Å²) in [4.78, 5) is 0. The zero-order chi connectivity index (χ0) is 19.5. The number of rotatable bonds is 5. The number of phenolic OH excluding ortho intramolecular Hbond substituents is 1. The third-order valence-corrected chi connectivity index (χ3v) is 5.47. The Balaban J connectivity index is 1.67. The van der Waals surface area contributed by atoms with Gasteiger partial charge in [0.25, 0.3) is 0 Å². The van der Waals surface area contributed by atoms with E-state index in [0.717, 1.165) is 59.7 Å². The van der Waals surface area contributed by atoms with Gasteiger partial charge in [-0.25, -0.2) is 5.43 Å². The van der Waals surface area contributed by atoms with E-state index in [1.165, 1.54) is 0 Å². The first kappa shape index (κ1) is 18.9. The summed E-state index contributed by atoms with van der Waals surface area (Å²) in [5.74, 6) is 2.74. The molecule has 2 unspecified atom stereocenters. The molecular weight excluding hydrogens is 356 g/mol. The molecule has 0 bridgehead atoms. The lowest BCUT2D eigenvalue weighted by molar-refractivity contribution is 0.297. The molecule has 0 spiro atoms. The maximum atomic E-state index is 10.7. The second-order valence-electron chi connectivity index (χ2n) is 7.34. The van der Waals surface area contributed by atoms with Gasteiger partial charge in [0.2, 0.25) is 0 Å². The van der Waals surface area contributed by atoms with E-state index in [-0.39, 0.29) is 17.7 Å². The monoisotopic (exact) mass is 384 g/mol. The molecule has 0 radical (unpaired) electrons. The van der Waals surface area contributed by atoms with Gasteiger partial charge in [0, 0.05) is 30.5 Å². The minimum Gasteiger partial charge on any atom is -0.507 e. The average molecular weight is 384 g/mol. The fourth-order valence-corrected chi connectivity index (χ4v) is 4.05. The number of aryl methyl sites for hydroxylation is 1. The molecule has 0 aromatic heterocycles. The first-order valence-corrected chi connectivity index (χ1v) is 9.99. The van der Waals surface area contributed by atoms with Crippen LogP contribution < -0.4 is 25.1 Å². The Morgan fingerprint density at radius 3 is 2.75 bits per heavy atom. The van der Waals surface area contributed by atoms with Gasteiger partial charge in [-0.3, -0.25) is 5.43 Å². The Kier molecular flexibility index (Phi) is 5.59. The van der Waals surface area contributed by atoms with Crippen LogP contribution in [-0.2, 0) is 6.42 Å². The van der Waals surface area contributed by atoms with Crippen molar-refractivity contribution in [1.82, 2.24) is 10.9 Å². The molecule has 4 rings (SSSR count). The first-order valence-electron chi connectivity index (χ1n) is 9.99. The van der Waals surface area contributed by atoms with Crippen LogP contribution in [0.5, 0.6) is 23.0 Å². The van der Waals surface area contributed by atoms with Crippen LogP contribution in [0.25, 0.3) is 0 Å². The second-order valence-corrected chi connectivity index (χ2v) is 7.34. The van der Waals surface area contributed by atoms with Crippen molar-refractivity contribution in [3.8, 4) is 23.0 Å². The summed E-state index contributed by atoms with van der Waals surface area (Å²) in [6.07, 6.45) is 2.81. The summed E-state index contributed by atoms with van der Waals surface area (Å²) in [5.41, 5.74) is 9.74. The predicted molar refractivity (Wildman–Crippen MR) is 107 cm³/mol. The largest absolute Gasteiger partial charge is 0.507 e. The van der Waals surface area contributed by atoms with Crippen LogP contribution >= 0.6 is 0 Å². The molecule has 0 amide bonds. The minimum absolute atomic E-state index is 0.0498. The van der Waals surface area contributed by atoms with Crippen LogP contribution in [-0.4, -0.2) is 32.0 Å². The Bertz CT molecular complexity index is 840. The molecule has 1 saturated heterocycles. The number of ether oxygens (including phenoxy) is 3. The van der Waals surface area contributed by atoms with Gasteiger partial charge >= 0.3 is 0 Å². The number of phenols is 1. The maximum Gasteiger partial charge on any atom is 0.161 e. The smallest absolute Gasteiger partial charge is 0.161 e. The van der Waals surface area contributed by atoms with Gasteiger partial charge < -0.3 is 19.3 Å². The second kappa shape index (κ2) is 8.29. The standard InChI is InChI=1S/C22H28N2O4/c1-3-5-15-10-16(18(25)12-20(15)26-2)22-17(13-23-24-22)14-6-7-19-21(11-14)28-9-4-8-27-19/h6-7,10-12,17,22-25H,3-5,8-9,13H2,1-2H3. The summed E-state index contributed by atoms with van der Waals surface area (Å²) in [6, 6.07) is 9.89. The highest BCUT2D eigenvalue weighted by Crippen LogP contribution is 2.42. The van der Waals surface area contributed by atoms with Crippen molar-refractivity contribution in [2.75, 3.05) is 26.9 Å². The van der Waals surface area contributed by atoms with Crippen LogP contribution in [0.3, 0.4) is 0 Å². The van der Waals surface area contributed by atoms with Crippen molar-refractivity contribution < 1.29 is 19.3 Å². The molecular formula is C22H28N2O4. The van der Waals surface area contributed by atoms with Crippen molar-refractivity contribution >= 4 is 0 Å². The van der Waals surface area contributed by atoms with Crippen LogP contribution in [0.4, 0.5) is 0 Å². The van der Waals surface area contributed by atoms with Crippen molar-refractivity contribution in [2.45, 2.75) is 38.1 Å². The van der Waals surface area contributed by atoms with Gasteiger partial charge in [-0.05, 0) is 35.7 Å². The summed E-state index contributed by atoms with van der Waals surface area (Å²) in [7, 11) is 1.64. The third-order valence-electron chi connectivity index (χ3n) is 5.47. The topological polar surface area (TPSA) is 72.0 Å². The van der Waals surface area contributed by atoms with Gasteiger partial charge in [0.05, 0.1) is 26.4 Å². The highest BCUT2D eigenvalue weighted by Gasteiger charge is 2.32. The Morgan fingerprint density at radius 2 is 1.96 bits per heavy atom. The number of hydrogen-bond acceptors (Lipinski definition) is 6. The van der Waals surface area contributed by atoms with E-state index < -0.39 is 0 Å². The Hall–Kier alpha value is -2.44. The molecule has 150 valence electrons. The SMILES string of the molecule is CCCc1cc(C2NNCC2c2ccc3c(c2)OCCCO3)c(O)cc1OC. The summed E-state index contributed by atoms with van der Waals surface area (Å²) < 4.78 is 17.1. The number of nitrogens with one attached hydrogen (secondary N) is 2. The van der Waals surface area contributed by atoms with Crippen LogP contribution in [0, 0.1) is 0 Å². The number of benzene rings is 2. The predicted octanol–water partition coefficient (Wildman–Crippen LogP) is 3.45. The molecule has 2 aliphatic heterocycles. The molecule has 2 aromatic rings. The molecule has 2 atom stereocenters. The van der Waals surface area contributed by atoms with Crippen molar-refractivity contribution in [3.05, 3.63) is 47.0 Å². The molecule has 28 heavy (non-hydrogen) atoms. The zero-order valence-electron chi connectivity index (χ0n) is 16.5. The van der Waals surface area contributed by atoms with Gasteiger partial charge in [0.1, 0.15) is 11.5 Å². The highest BCUT2D eigenvalue weighted by atomic mass is 16.5. The van der Waals surface area contributed by atoms with Crippen LogP contribution in [0.1, 0.15) is 48.4 Å². The normalized spacial score (nSPS) is 21.4. The number of hydrazine groups is 1. The fourth-order valence-electron chi connectivity index (χ4n) is 4.05. The molecule has 6 heteroatoms. The summed E-state index contributed by atoms with van der Waals surface area (Å²) in [6.45, 7) is 4.25. The Morgan fingerprint density at radius 1 is 1.14 bits per heavy atom. The zero-order valence-corrected chi connectivity index (χ0v) is 16.5. The fraction of sp³-hybridized carbons (Fsp3) is 0.455. The number of methoxy groups -OCH3 is 1. The summed E-state index contributed by atoms with van der Waals surface area (Å²) >= 11 is 0. The molecule has 2 aromatic carbocycles. The average Bonchev–Trinajstić information content (AvgIpc) is 3.07. The van der Waals surface area contributed by atoms with Crippen molar-refractivity contribution in [2.24, 2.45) is 0 Å². The number of fused-ring (bicyclic) bond motifs is 1. The van der Waals surface area contributed by atoms with Gasteiger partial charge in [0.15, 0.2) is 11.5 Å². The third kappa shape index (κ3) is 3.62. The van der Waals surface area contributed by atoms with Crippen LogP contribution in [0.2, 0.25) is 0 Å². The summed E-state index contributed by atoms with van der Waals surface area (Å²) in [5, 5.41) is 10.7. The molecule has 1 fully saturated rings. The molecule has 2 heterocycles. The van der Waals surface area contributed by atoms with Gasteiger partial charge in [-0.1, -0.05) is 19.4 Å². The van der Waals surface area contributed by atoms with Crippen molar-refractivity contribution in [1.29, 1.82) is 0 Å². The van der Waals surface area contributed by atoms with Crippen LogP contribution in [0.15, 0.2) is 30.3 Å². The van der Waals surface area contributed by atoms with E-state index in [9.17, 15) is 5.11 Å². The van der Waals surface area contributed by atoms with Crippen molar-refractivity contribution in [3.63, 3.8) is 0 Å². The van der Waals surface area contributed by atoms with E-state index in [1.54, 1.807) is 13.2 Å². The first-order chi connectivity index (χ1) is 13.7. The van der Waals surface area contributed by atoms with E-state index >= 15 is 0 Å². The van der Waals surface area contributed by atoms with E-state index in [0.29, 0.717) is 13.2 Å². The Labute approximate surface area is 165 Å². The highest BCUT2D eigenvalue weighted by molar-refractivity contribution is 5.50. The number of hydrogen-bond donors (Lipinski definition) is 3. The lowest BCUT2D eigenvalue weighted by Gasteiger charge is -2.22. The molecule has 6 nitrogen and oxygen atoms in total. The van der Waals surface area contributed by atoms with E-state index in [2.05, 4.69) is 36.0 Å². The van der Waals surface area contributed by atoms with Gasteiger partial charge in [-0.15, -0.1) is 0 Å². The minimum atomic E-state index is -0.0498. The molecule has 2 aliphatic rings. The lowest BCUT2D eigenvalue weighted by atomic mass is 9.87. The number of aromatic hydroxyl groups is 1. The maximum absolute atomic E-state index is 10.7.